The molecule has 1 atom stereocenters. The van der Waals surface area contributed by atoms with Crippen LogP contribution < -0.4 is 10.1 Å². The Balaban J connectivity index is 1.71. The van der Waals surface area contributed by atoms with Crippen molar-refractivity contribution >= 4 is 17.2 Å². The van der Waals surface area contributed by atoms with Crippen molar-refractivity contribution in [3.8, 4) is 5.75 Å². The summed E-state index contributed by atoms with van der Waals surface area (Å²) >= 11 is 1.70. The van der Waals surface area contributed by atoms with E-state index in [0.717, 1.165) is 37.4 Å². The lowest BCUT2D eigenvalue weighted by Gasteiger charge is -2.30. The molecule has 0 bridgehead atoms. The number of hydrogen-bond donors (Lipinski definition) is 1. The summed E-state index contributed by atoms with van der Waals surface area (Å²) in [5.74, 6) is 1.22. The summed E-state index contributed by atoms with van der Waals surface area (Å²) in [6, 6.07) is 11.9. The van der Waals surface area contributed by atoms with Crippen molar-refractivity contribution in [1.82, 2.24) is 5.32 Å². The van der Waals surface area contributed by atoms with Crippen LogP contribution in [0.15, 0.2) is 41.8 Å². The largest absolute Gasteiger partial charge is 0.496 e. The normalized spacial score (nSPS) is 16.5. The lowest BCUT2D eigenvalue weighted by atomic mass is 9.90. The van der Waals surface area contributed by atoms with Crippen LogP contribution in [-0.2, 0) is 16.0 Å². The van der Waals surface area contributed by atoms with Crippen LogP contribution in [0.2, 0.25) is 0 Å². The number of benzene rings is 1. The predicted octanol–water partition coefficient (Wildman–Crippen LogP) is 3.58. The minimum Gasteiger partial charge on any atom is -0.496 e. The van der Waals surface area contributed by atoms with Crippen LogP contribution in [0.25, 0.3) is 0 Å². The minimum absolute atomic E-state index is 0.0318. The van der Waals surface area contributed by atoms with Gasteiger partial charge < -0.3 is 14.8 Å². The lowest BCUT2D eigenvalue weighted by Crippen LogP contribution is -2.36. The highest BCUT2D eigenvalue weighted by Gasteiger charge is 2.27. The maximum atomic E-state index is 12.6. The first-order valence-electron chi connectivity index (χ1n) is 8.30. The summed E-state index contributed by atoms with van der Waals surface area (Å²) in [7, 11) is 1.63. The van der Waals surface area contributed by atoms with Gasteiger partial charge in [-0.1, -0.05) is 24.3 Å². The van der Waals surface area contributed by atoms with Crippen molar-refractivity contribution in [2.45, 2.75) is 25.3 Å². The predicted molar refractivity (Wildman–Crippen MR) is 95.4 cm³/mol. The molecule has 1 N–H and O–H groups in total. The number of rotatable bonds is 6. The molecule has 1 aromatic carbocycles. The maximum absolute atomic E-state index is 12.6. The van der Waals surface area contributed by atoms with Crippen LogP contribution >= 0.6 is 11.3 Å². The summed E-state index contributed by atoms with van der Waals surface area (Å²) in [5.41, 5.74) is 0.911. The van der Waals surface area contributed by atoms with Crippen LogP contribution in [-0.4, -0.2) is 26.2 Å². The van der Waals surface area contributed by atoms with Crippen molar-refractivity contribution in [1.29, 1.82) is 0 Å². The minimum atomic E-state index is 0.0318. The molecule has 1 aromatic heterocycles. The SMILES string of the molecule is COc1ccccc1CC(=O)N[C@@H](c1cccs1)C1CCOCC1. The number of para-hydroxylation sites is 1. The van der Waals surface area contributed by atoms with E-state index in [9.17, 15) is 4.79 Å². The van der Waals surface area contributed by atoms with Crippen molar-refractivity contribution in [2.75, 3.05) is 20.3 Å². The van der Waals surface area contributed by atoms with E-state index in [2.05, 4.69) is 16.8 Å². The van der Waals surface area contributed by atoms with E-state index in [-0.39, 0.29) is 11.9 Å². The van der Waals surface area contributed by atoms with Crippen molar-refractivity contribution in [3.63, 3.8) is 0 Å². The van der Waals surface area contributed by atoms with Gasteiger partial charge in [0.05, 0.1) is 19.6 Å². The van der Waals surface area contributed by atoms with Gasteiger partial charge in [0.2, 0.25) is 5.91 Å². The van der Waals surface area contributed by atoms with Crippen LogP contribution in [0.4, 0.5) is 0 Å². The zero-order valence-corrected chi connectivity index (χ0v) is 14.7. The first-order chi connectivity index (χ1) is 11.8. The Kier molecular flexibility index (Phi) is 5.88. The molecule has 0 aliphatic carbocycles. The molecule has 0 radical (unpaired) electrons. The quantitative estimate of drug-likeness (QED) is 0.870. The molecule has 0 saturated carbocycles. The zero-order valence-electron chi connectivity index (χ0n) is 13.9. The van der Waals surface area contributed by atoms with Gasteiger partial charge in [0.25, 0.3) is 0 Å². The van der Waals surface area contributed by atoms with Crippen LogP contribution in [0.1, 0.15) is 29.3 Å². The molecule has 24 heavy (non-hydrogen) atoms. The van der Waals surface area contributed by atoms with E-state index in [1.165, 1.54) is 4.88 Å². The molecule has 1 fully saturated rings. The fourth-order valence-electron chi connectivity index (χ4n) is 3.19. The summed E-state index contributed by atoms with van der Waals surface area (Å²) in [6.07, 6.45) is 2.30. The average molecular weight is 345 g/mol. The topological polar surface area (TPSA) is 47.6 Å². The number of methoxy groups -OCH3 is 1. The number of carbonyl (C=O) groups is 1. The molecule has 1 aliphatic heterocycles. The number of thiophene rings is 1. The van der Waals surface area contributed by atoms with Crippen molar-refractivity contribution in [2.24, 2.45) is 5.92 Å². The second kappa shape index (κ2) is 8.31. The highest BCUT2D eigenvalue weighted by Crippen LogP contribution is 2.32. The Bertz CT molecular complexity index is 650. The Hall–Kier alpha value is -1.85. The number of amides is 1. The number of nitrogens with one attached hydrogen (secondary N) is 1. The molecule has 5 heteroatoms. The van der Waals surface area contributed by atoms with Gasteiger partial charge in [0.1, 0.15) is 5.75 Å². The Morgan fingerprint density at radius 2 is 2.08 bits per heavy atom. The molecule has 128 valence electrons. The van der Waals surface area contributed by atoms with Gasteiger partial charge in [-0.15, -0.1) is 11.3 Å². The van der Waals surface area contributed by atoms with Gasteiger partial charge in [-0.3, -0.25) is 4.79 Å². The molecule has 0 unspecified atom stereocenters. The Morgan fingerprint density at radius 3 is 2.79 bits per heavy atom. The van der Waals surface area contributed by atoms with E-state index in [4.69, 9.17) is 9.47 Å². The Morgan fingerprint density at radius 1 is 1.29 bits per heavy atom. The monoisotopic (exact) mass is 345 g/mol. The summed E-state index contributed by atoms with van der Waals surface area (Å²) in [5, 5.41) is 5.31. The number of ether oxygens (including phenoxy) is 2. The van der Waals surface area contributed by atoms with Gasteiger partial charge in [-0.2, -0.15) is 0 Å². The zero-order chi connectivity index (χ0) is 16.8. The molecule has 1 amide bonds. The fraction of sp³-hybridized carbons (Fsp3) is 0.421. The number of carbonyl (C=O) groups excluding carboxylic acids is 1. The summed E-state index contributed by atoms with van der Waals surface area (Å²) in [6.45, 7) is 1.55. The third-order valence-electron chi connectivity index (χ3n) is 4.45. The first-order valence-corrected chi connectivity index (χ1v) is 9.18. The molecule has 3 rings (SSSR count). The summed E-state index contributed by atoms with van der Waals surface area (Å²) < 4.78 is 10.8. The molecule has 1 saturated heterocycles. The van der Waals surface area contributed by atoms with Crippen LogP contribution in [0, 0.1) is 5.92 Å². The van der Waals surface area contributed by atoms with Gasteiger partial charge >= 0.3 is 0 Å². The van der Waals surface area contributed by atoms with Gasteiger partial charge in [0, 0.05) is 23.7 Å². The third kappa shape index (κ3) is 4.16. The molecule has 2 heterocycles. The second-order valence-electron chi connectivity index (χ2n) is 6.00. The van der Waals surface area contributed by atoms with Crippen molar-refractivity contribution in [3.05, 3.63) is 52.2 Å². The number of hydrogen-bond acceptors (Lipinski definition) is 4. The van der Waals surface area contributed by atoms with Gasteiger partial charge in [0.15, 0.2) is 0 Å². The molecule has 2 aromatic rings. The van der Waals surface area contributed by atoms with E-state index in [1.54, 1.807) is 18.4 Å². The molecule has 4 nitrogen and oxygen atoms in total. The average Bonchev–Trinajstić information content (AvgIpc) is 3.15. The highest BCUT2D eigenvalue weighted by molar-refractivity contribution is 7.10. The second-order valence-corrected chi connectivity index (χ2v) is 6.98. The van der Waals surface area contributed by atoms with Gasteiger partial charge in [-0.25, -0.2) is 0 Å². The molecule has 1 aliphatic rings. The molecular formula is C19H23NO3S. The fourth-order valence-corrected chi connectivity index (χ4v) is 4.05. The molecular weight excluding hydrogens is 322 g/mol. The van der Waals surface area contributed by atoms with Crippen molar-refractivity contribution < 1.29 is 14.3 Å². The van der Waals surface area contributed by atoms with Crippen LogP contribution in [0.3, 0.4) is 0 Å². The third-order valence-corrected chi connectivity index (χ3v) is 5.40. The van der Waals surface area contributed by atoms with Gasteiger partial charge in [-0.05, 0) is 36.3 Å². The maximum Gasteiger partial charge on any atom is 0.225 e. The van der Waals surface area contributed by atoms with E-state index < -0.39 is 0 Å². The summed E-state index contributed by atoms with van der Waals surface area (Å²) in [4.78, 5) is 13.9. The lowest BCUT2D eigenvalue weighted by molar-refractivity contribution is -0.121. The van der Waals surface area contributed by atoms with E-state index >= 15 is 0 Å². The van der Waals surface area contributed by atoms with Crippen LogP contribution in [0.5, 0.6) is 5.75 Å². The molecule has 0 spiro atoms. The smallest absolute Gasteiger partial charge is 0.225 e. The standard InChI is InChI=1S/C19H23NO3S/c1-22-16-6-3-2-5-15(16)13-18(21)20-19(17-7-4-12-24-17)14-8-10-23-11-9-14/h2-7,12,14,19H,8-11,13H2,1H3,(H,20,21)/t19-/m1/s1. The van der Waals surface area contributed by atoms with E-state index in [1.807, 2.05) is 30.3 Å². The Labute approximate surface area is 146 Å². The van der Waals surface area contributed by atoms with E-state index in [0.29, 0.717) is 12.3 Å². The first kappa shape index (κ1) is 17.0. The highest BCUT2D eigenvalue weighted by atomic mass is 32.1.